The molecule has 4 heteroatoms. The molecule has 0 saturated heterocycles. The molecular formula is C8H13N3O. The van der Waals surface area contributed by atoms with Gasteiger partial charge in [-0.2, -0.15) is 5.10 Å². The van der Waals surface area contributed by atoms with E-state index in [-0.39, 0.29) is 11.9 Å². The maximum absolute atomic E-state index is 11.2. The van der Waals surface area contributed by atoms with E-state index in [1.165, 1.54) is 0 Å². The van der Waals surface area contributed by atoms with Crippen LogP contribution in [0.15, 0.2) is 12.3 Å². The van der Waals surface area contributed by atoms with E-state index < -0.39 is 0 Å². The summed E-state index contributed by atoms with van der Waals surface area (Å²) >= 11 is 0. The van der Waals surface area contributed by atoms with Crippen LogP contribution >= 0.6 is 0 Å². The minimum absolute atomic E-state index is 0.0261. The normalized spacial score (nSPS) is 12.6. The van der Waals surface area contributed by atoms with Gasteiger partial charge in [-0.05, 0) is 19.9 Å². The Morgan fingerprint density at radius 2 is 2.42 bits per heavy atom. The summed E-state index contributed by atoms with van der Waals surface area (Å²) in [5.74, 6) is -0.0261. The Labute approximate surface area is 71.6 Å². The molecule has 12 heavy (non-hydrogen) atoms. The van der Waals surface area contributed by atoms with Crippen LogP contribution in [0.4, 0.5) is 0 Å². The van der Waals surface area contributed by atoms with Gasteiger partial charge in [0.1, 0.15) is 6.04 Å². The van der Waals surface area contributed by atoms with E-state index in [1.54, 1.807) is 17.9 Å². The number of hydrogen-bond donors (Lipinski definition) is 1. The largest absolute Gasteiger partial charge is 0.357 e. The first-order valence-corrected chi connectivity index (χ1v) is 3.88. The van der Waals surface area contributed by atoms with Crippen molar-refractivity contribution < 1.29 is 4.79 Å². The number of aromatic nitrogens is 2. The number of carbonyl (C=O) groups excluding carboxylic acids is 1. The van der Waals surface area contributed by atoms with Crippen LogP contribution < -0.4 is 5.32 Å². The van der Waals surface area contributed by atoms with Crippen molar-refractivity contribution >= 4 is 5.91 Å². The molecule has 0 spiro atoms. The van der Waals surface area contributed by atoms with Crippen LogP contribution in [0.1, 0.15) is 18.7 Å². The topological polar surface area (TPSA) is 46.9 Å². The second-order valence-corrected chi connectivity index (χ2v) is 2.71. The fourth-order valence-corrected chi connectivity index (χ4v) is 1.11. The maximum Gasteiger partial charge on any atom is 0.244 e. The Morgan fingerprint density at radius 3 is 2.83 bits per heavy atom. The molecule has 0 fully saturated rings. The molecule has 0 aliphatic rings. The smallest absolute Gasteiger partial charge is 0.244 e. The van der Waals surface area contributed by atoms with E-state index >= 15 is 0 Å². The molecule has 1 unspecified atom stereocenters. The van der Waals surface area contributed by atoms with Crippen molar-refractivity contribution in [2.24, 2.45) is 0 Å². The molecule has 1 amide bonds. The zero-order chi connectivity index (χ0) is 9.14. The Hall–Kier alpha value is -1.32. The summed E-state index contributed by atoms with van der Waals surface area (Å²) in [5, 5.41) is 6.62. The minimum atomic E-state index is -0.231. The lowest BCUT2D eigenvalue weighted by atomic mass is 10.3. The van der Waals surface area contributed by atoms with Crippen LogP contribution in [0, 0.1) is 6.92 Å². The van der Waals surface area contributed by atoms with Crippen molar-refractivity contribution in [3.8, 4) is 0 Å². The summed E-state index contributed by atoms with van der Waals surface area (Å²) in [6, 6.07) is 1.64. The predicted molar refractivity (Wildman–Crippen MR) is 45.7 cm³/mol. The molecule has 1 aromatic rings. The number of nitrogens with one attached hydrogen (secondary N) is 1. The minimum Gasteiger partial charge on any atom is -0.357 e. The van der Waals surface area contributed by atoms with Gasteiger partial charge in [-0.25, -0.2) is 0 Å². The van der Waals surface area contributed by atoms with E-state index in [0.29, 0.717) is 0 Å². The standard InChI is InChI=1S/C8H13N3O/c1-6-4-5-10-11(6)7(2)8(12)9-3/h4-5,7H,1-3H3,(H,9,12). The van der Waals surface area contributed by atoms with Gasteiger partial charge in [0.2, 0.25) is 5.91 Å². The van der Waals surface area contributed by atoms with Gasteiger partial charge in [-0.3, -0.25) is 9.48 Å². The number of nitrogens with zero attached hydrogens (tertiary/aromatic N) is 2. The molecular weight excluding hydrogens is 154 g/mol. The van der Waals surface area contributed by atoms with Crippen molar-refractivity contribution in [3.05, 3.63) is 18.0 Å². The number of hydrogen-bond acceptors (Lipinski definition) is 2. The monoisotopic (exact) mass is 167 g/mol. The number of likely N-dealkylation sites (N-methyl/N-ethyl adjacent to an activating group) is 1. The molecule has 0 aliphatic carbocycles. The first-order valence-electron chi connectivity index (χ1n) is 3.88. The van der Waals surface area contributed by atoms with Gasteiger partial charge in [0, 0.05) is 18.9 Å². The summed E-state index contributed by atoms with van der Waals surface area (Å²) in [6.07, 6.45) is 1.69. The fourth-order valence-electron chi connectivity index (χ4n) is 1.11. The SMILES string of the molecule is CNC(=O)C(C)n1nccc1C. The van der Waals surface area contributed by atoms with Crippen molar-refractivity contribution in [2.45, 2.75) is 19.9 Å². The molecule has 1 heterocycles. The third kappa shape index (κ3) is 1.47. The second kappa shape index (κ2) is 3.38. The third-order valence-corrected chi connectivity index (χ3v) is 1.86. The summed E-state index contributed by atoms with van der Waals surface area (Å²) < 4.78 is 1.69. The Morgan fingerprint density at radius 1 is 1.75 bits per heavy atom. The molecule has 4 nitrogen and oxygen atoms in total. The Kier molecular flexibility index (Phi) is 2.47. The lowest BCUT2D eigenvalue weighted by Gasteiger charge is -2.11. The summed E-state index contributed by atoms with van der Waals surface area (Å²) in [4.78, 5) is 11.2. The lowest BCUT2D eigenvalue weighted by Crippen LogP contribution is -2.28. The van der Waals surface area contributed by atoms with Crippen LogP contribution in [0.2, 0.25) is 0 Å². The highest BCUT2D eigenvalue weighted by molar-refractivity contribution is 5.79. The summed E-state index contributed by atoms with van der Waals surface area (Å²) in [5.41, 5.74) is 0.992. The molecule has 0 saturated carbocycles. The maximum atomic E-state index is 11.2. The van der Waals surface area contributed by atoms with Gasteiger partial charge < -0.3 is 5.32 Å². The van der Waals surface area contributed by atoms with E-state index in [9.17, 15) is 4.79 Å². The molecule has 1 N–H and O–H groups in total. The molecule has 0 radical (unpaired) electrons. The van der Waals surface area contributed by atoms with Crippen molar-refractivity contribution in [2.75, 3.05) is 7.05 Å². The highest BCUT2D eigenvalue weighted by Crippen LogP contribution is 2.06. The van der Waals surface area contributed by atoms with Gasteiger partial charge >= 0.3 is 0 Å². The van der Waals surface area contributed by atoms with Crippen LogP contribution in [0.25, 0.3) is 0 Å². The quantitative estimate of drug-likeness (QED) is 0.697. The molecule has 1 rings (SSSR count). The molecule has 66 valence electrons. The zero-order valence-corrected chi connectivity index (χ0v) is 7.53. The van der Waals surface area contributed by atoms with E-state index in [0.717, 1.165) is 5.69 Å². The van der Waals surface area contributed by atoms with Crippen LogP contribution in [0.3, 0.4) is 0 Å². The molecule has 1 atom stereocenters. The zero-order valence-electron chi connectivity index (χ0n) is 7.53. The van der Waals surface area contributed by atoms with Gasteiger partial charge in [-0.1, -0.05) is 0 Å². The van der Waals surface area contributed by atoms with E-state index in [2.05, 4.69) is 10.4 Å². The number of aryl methyl sites for hydroxylation is 1. The van der Waals surface area contributed by atoms with Crippen LogP contribution in [-0.4, -0.2) is 22.7 Å². The van der Waals surface area contributed by atoms with Crippen molar-refractivity contribution in [3.63, 3.8) is 0 Å². The molecule has 0 aromatic carbocycles. The fraction of sp³-hybridized carbons (Fsp3) is 0.500. The summed E-state index contributed by atoms with van der Waals surface area (Å²) in [6.45, 7) is 3.74. The average molecular weight is 167 g/mol. The average Bonchev–Trinajstić information content (AvgIpc) is 2.48. The highest BCUT2D eigenvalue weighted by Gasteiger charge is 2.14. The van der Waals surface area contributed by atoms with Gasteiger partial charge in [0.25, 0.3) is 0 Å². The Bertz CT molecular complexity index is 280. The third-order valence-electron chi connectivity index (χ3n) is 1.86. The van der Waals surface area contributed by atoms with E-state index in [1.807, 2.05) is 19.9 Å². The molecule has 1 aromatic heterocycles. The predicted octanol–water partition coefficient (Wildman–Crippen LogP) is 0.499. The van der Waals surface area contributed by atoms with Gasteiger partial charge in [-0.15, -0.1) is 0 Å². The number of rotatable bonds is 2. The van der Waals surface area contributed by atoms with Gasteiger partial charge in [0.05, 0.1) is 0 Å². The second-order valence-electron chi connectivity index (χ2n) is 2.71. The number of amides is 1. The van der Waals surface area contributed by atoms with Crippen LogP contribution in [0.5, 0.6) is 0 Å². The van der Waals surface area contributed by atoms with Crippen molar-refractivity contribution in [1.29, 1.82) is 0 Å². The van der Waals surface area contributed by atoms with Crippen LogP contribution in [-0.2, 0) is 4.79 Å². The number of carbonyl (C=O) groups is 1. The van der Waals surface area contributed by atoms with E-state index in [4.69, 9.17) is 0 Å². The first kappa shape index (κ1) is 8.77. The molecule has 0 aliphatic heterocycles. The van der Waals surface area contributed by atoms with Crippen molar-refractivity contribution in [1.82, 2.24) is 15.1 Å². The first-order chi connectivity index (χ1) is 5.66. The Balaban J connectivity index is 2.84. The lowest BCUT2D eigenvalue weighted by molar-refractivity contribution is -0.123. The molecule has 0 bridgehead atoms. The highest BCUT2D eigenvalue weighted by atomic mass is 16.2. The summed E-state index contributed by atoms with van der Waals surface area (Å²) in [7, 11) is 1.62. The van der Waals surface area contributed by atoms with Gasteiger partial charge in [0.15, 0.2) is 0 Å².